The van der Waals surface area contributed by atoms with Crippen molar-refractivity contribution < 1.29 is 9.53 Å². The van der Waals surface area contributed by atoms with Crippen molar-refractivity contribution in [1.82, 2.24) is 19.8 Å². The van der Waals surface area contributed by atoms with Crippen LogP contribution in [0.4, 0.5) is 0 Å². The highest BCUT2D eigenvalue weighted by Gasteiger charge is 2.29. The zero-order valence-corrected chi connectivity index (χ0v) is 14.3. The molecule has 1 aromatic heterocycles. The molecule has 0 spiro atoms. The minimum absolute atomic E-state index is 0.000267. The Bertz CT molecular complexity index is 717. The summed E-state index contributed by atoms with van der Waals surface area (Å²) in [5.41, 5.74) is 2.47. The molecule has 1 aliphatic heterocycles. The first-order valence-corrected chi connectivity index (χ1v) is 8.00. The number of methoxy groups -OCH3 is 1. The lowest BCUT2D eigenvalue weighted by Gasteiger charge is -2.39. The van der Waals surface area contributed by atoms with E-state index < -0.39 is 0 Å². The summed E-state index contributed by atoms with van der Waals surface area (Å²) >= 11 is 0. The van der Waals surface area contributed by atoms with Crippen LogP contribution in [0.3, 0.4) is 0 Å². The fraction of sp³-hybridized carbons (Fsp3) is 0.389. The van der Waals surface area contributed by atoms with Gasteiger partial charge in [0.05, 0.1) is 24.4 Å². The van der Waals surface area contributed by atoms with Gasteiger partial charge in [0.15, 0.2) is 0 Å². The molecule has 0 aliphatic carbocycles. The van der Waals surface area contributed by atoms with E-state index in [-0.39, 0.29) is 11.9 Å². The van der Waals surface area contributed by atoms with Crippen LogP contribution in [-0.2, 0) is 0 Å². The van der Waals surface area contributed by atoms with E-state index >= 15 is 0 Å². The Labute approximate surface area is 142 Å². The number of aryl methyl sites for hydroxylation is 1. The Kier molecular flexibility index (Phi) is 4.76. The third-order valence-electron chi connectivity index (χ3n) is 4.58. The molecule has 0 saturated carbocycles. The molecular formula is C18H22N4O2. The zero-order chi connectivity index (χ0) is 17.1. The first-order valence-electron chi connectivity index (χ1n) is 8.00. The van der Waals surface area contributed by atoms with E-state index in [0.29, 0.717) is 18.7 Å². The average Bonchev–Trinajstić information content (AvgIpc) is 2.62. The summed E-state index contributed by atoms with van der Waals surface area (Å²) < 4.78 is 5.22. The highest BCUT2D eigenvalue weighted by molar-refractivity contribution is 5.95. The average molecular weight is 326 g/mol. The van der Waals surface area contributed by atoms with Gasteiger partial charge in [-0.15, -0.1) is 0 Å². The molecule has 2 heterocycles. The number of ether oxygens (including phenoxy) is 1. The van der Waals surface area contributed by atoms with Crippen LogP contribution in [0.1, 0.15) is 27.7 Å². The predicted octanol–water partition coefficient (Wildman–Crippen LogP) is 1.92. The van der Waals surface area contributed by atoms with E-state index in [2.05, 4.69) is 34.0 Å². The molecule has 126 valence electrons. The number of rotatable bonds is 3. The van der Waals surface area contributed by atoms with Crippen LogP contribution in [0.2, 0.25) is 0 Å². The summed E-state index contributed by atoms with van der Waals surface area (Å²) in [5, 5.41) is 0. The number of carbonyl (C=O) groups is 1. The maximum Gasteiger partial charge on any atom is 0.257 e. The molecule has 1 aliphatic rings. The monoisotopic (exact) mass is 326 g/mol. The van der Waals surface area contributed by atoms with Crippen LogP contribution in [0.25, 0.3) is 0 Å². The smallest absolute Gasteiger partial charge is 0.257 e. The predicted molar refractivity (Wildman–Crippen MR) is 91.0 cm³/mol. The normalized spacial score (nSPS) is 18.5. The summed E-state index contributed by atoms with van der Waals surface area (Å²) in [7, 11) is 3.75. The SMILES string of the molecule is COc1ccc(C2CN(C(=O)c3cncnc3C)CCN2C)cc1. The Hall–Kier alpha value is -2.47. The maximum atomic E-state index is 12.8. The lowest BCUT2D eigenvalue weighted by Crippen LogP contribution is -2.49. The topological polar surface area (TPSA) is 58.6 Å². The number of benzene rings is 1. The van der Waals surface area contributed by atoms with Crippen molar-refractivity contribution in [3.05, 3.63) is 53.6 Å². The van der Waals surface area contributed by atoms with Crippen molar-refractivity contribution >= 4 is 5.91 Å². The van der Waals surface area contributed by atoms with Crippen LogP contribution in [0, 0.1) is 6.92 Å². The quantitative estimate of drug-likeness (QED) is 0.862. The van der Waals surface area contributed by atoms with Crippen molar-refractivity contribution in [3.63, 3.8) is 0 Å². The van der Waals surface area contributed by atoms with Crippen LogP contribution >= 0.6 is 0 Å². The van der Waals surface area contributed by atoms with Crippen molar-refractivity contribution in [2.45, 2.75) is 13.0 Å². The van der Waals surface area contributed by atoms with Crippen molar-refractivity contribution in [2.75, 3.05) is 33.8 Å². The van der Waals surface area contributed by atoms with Gasteiger partial charge in [-0.3, -0.25) is 9.69 Å². The van der Waals surface area contributed by atoms with E-state index in [4.69, 9.17) is 4.74 Å². The van der Waals surface area contributed by atoms with Crippen molar-refractivity contribution in [3.8, 4) is 5.75 Å². The molecule has 6 heteroatoms. The van der Waals surface area contributed by atoms with Gasteiger partial charge in [-0.25, -0.2) is 9.97 Å². The van der Waals surface area contributed by atoms with E-state index in [1.54, 1.807) is 13.3 Å². The summed E-state index contributed by atoms with van der Waals surface area (Å²) in [6, 6.07) is 8.20. The molecule has 1 fully saturated rings. The van der Waals surface area contributed by atoms with Crippen molar-refractivity contribution in [2.24, 2.45) is 0 Å². The minimum Gasteiger partial charge on any atom is -0.497 e. The Balaban J connectivity index is 1.80. The van der Waals surface area contributed by atoms with Crippen LogP contribution in [0.15, 0.2) is 36.8 Å². The van der Waals surface area contributed by atoms with Gasteiger partial charge in [0.25, 0.3) is 5.91 Å². The number of piperazine rings is 1. The number of nitrogens with zero attached hydrogens (tertiary/aromatic N) is 4. The zero-order valence-electron chi connectivity index (χ0n) is 14.3. The second kappa shape index (κ2) is 6.97. The highest BCUT2D eigenvalue weighted by atomic mass is 16.5. The standard InChI is InChI=1S/C18H22N4O2/c1-13-16(10-19-12-20-13)18(23)22-9-8-21(2)17(11-22)14-4-6-15(24-3)7-5-14/h4-7,10,12,17H,8-9,11H2,1-3H3. The largest absolute Gasteiger partial charge is 0.497 e. The summed E-state index contributed by atoms with van der Waals surface area (Å²) in [6.07, 6.45) is 3.07. The van der Waals surface area contributed by atoms with Gasteiger partial charge in [-0.2, -0.15) is 0 Å². The third-order valence-corrected chi connectivity index (χ3v) is 4.58. The molecule has 1 aromatic carbocycles. The third kappa shape index (κ3) is 3.23. The van der Waals surface area contributed by atoms with Gasteiger partial charge >= 0.3 is 0 Å². The van der Waals surface area contributed by atoms with E-state index in [9.17, 15) is 4.79 Å². The molecule has 3 rings (SSSR count). The van der Waals surface area contributed by atoms with Crippen LogP contribution in [-0.4, -0.2) is 59.5 Å². The Morgan fingerprint density at radius 3 is 2.67 bits per heavy atom. The van der Waals surface area contributed by atoms with Crippen LogP contribution in [0.5, 0.6) is 5.75 Å². The molecule has 24 heavy (non-hydrogen) atoms. The van der Waals surface area contributed by atoms with E-state index in [1.165, 1.54) is 11.9 Å². The number of carbonyl (C=O) groups excluding carboxylic acids is 1. The number of hydrogen-bond acceptors (Lipinski definition) is 5. The molecule has 1 saturated heterocycles. The number of likely N-dealkylation sites (N-methyl/N-ethyl adjacent to an activating group) is 1. The molecule has 1 atom stereocenters. The van der Waals surface area contributed by atoms with Gasteiger partial charge < -0.3 is 9.64 Å². The van der Waals surface area contributed by atoms with Crippen LogP contribution < -0.4 is 4.74 Å². The number of aromatic nitrogens is 2. The van der Waals surface area contributed by atoms with Crippen molar-refractivity contribution in [1.29, 1.82) is 0 Å². The molecule has 2 aromatic rings. The minimum atomic E-state index is -0.000267. The second-order valence-corrected chi connectivity index (χ2v) is 6.04. The van der Waals surface area contributed by atoms with Gasteiger partial charge in [-0.1, -0.05) is 12.1 Å². The summed E-state index contributed by atoms with van der Waals surface area (Å²) in [5.74, 6) is 0.835. The summed E-state index contributed by atoms with van der Waals surface area (Å²) in [6.45, 7) is 4.02. The Morgan fingerprint density at radius 2 is 2.00 bits per heavy atom. The fourth-order valence-corrected chi connectivity index (χ4v) is 3.02. The maximum absolute atomic E-state index is 12.8. The molecule has 1 unspecified atom stereocenters. The van der Waals surface area contributed by atoms with Gasteiger partial charge in [0.2, 0.25) is 0 Å². The van der Waals surface area contributed by atoms with Gasteiger partial charge in [0, 0.05) is 25.8 Å². The number of hydrogen-bond donors (Lipinski definition) is 0. The molecule has 0 N–H and O–H groups in total. The van der Waals surface area contributed by atoms with E-state index in [1.807, 2.05) is 24.0 Å². The molecule has 6 nitrogen and oxygen atoms in total. The number of amides is 1. The molecule has 0 radical (unpaired) electrons. The lowest BCUT2D eigenvalue weighted by molar-refractivity contribution is 0.0544. The second-order valence-electron chi connectivity index (χ2n) is 6.04. The molecular weight excluding hydrogens is 304 g/mol. The Morgan fingerprint density at radius 1 is 1.25 bits per heavy atom. The lowest BCUT2D eigenvalue weighted by atomic mass is 10.0. The molecule has 1 amide bonds. The van der Waals surface area contributed by atoms with Gasteiger partial charge in [0.1, 0.15) is 12.1 Å². The highest BCUT2D eigenvalue weighted by Crippen LogP contribution is 2.26. The first-order chi connectivity index (χ1) is 11.6. The van der Waals surface area contributed by atoms with Gasteiger partial charge in [-0.05, 0) is 31.7 Å². The van der Waals surface area contributed by atoms with E-state index in [0.717, 1.165) is 18.0 Å². The summed E-state index contributed by atoms with van der Waals surface area (Å²) in [4.78, 5) is 25.1. The molecule has 0 bridgehead atoms. The fourth-order valence-electron chi connectivity index (χ4n) is 3.02. The first kappa shape index (κ1) is 16.4.